The molecule has 0 amide bonds. The number of rotatable bonds is 5. The fourth-order valence-electron chi connectivity index (χ4n) is 0.547. The summed E-state index contributed by atoms with van der Waals surface area (Å²) in [5.41, 5.74) is 2.66. The lowest BCUT2D eigenvalue weighted by Crippen LogP contribution is -2.40. The number of nitrogens with one attached hydrogen (secondary N) is 1. The molecule has 0 aromatic rings. The second kappa shape index (κ2) is 6.35. The quantitative estimate of drug-likeness (QED) is 0.422. The minimum atomic E-state index is 0.282. The molecule has 0 aliphatic heterocycles. The normalized spacial score (nSPS) is 13.7. The van der Waals surface area contributed by atoms with Gasteiger partial charge in [0.25, 0.3) is 0 Å². The third-order valence-electron chi connectivity index (χ3n) is 0.971. The first-order chi connectivity index (χ1) is 4.35. The minimum absolute atomic E-state index is 0.282. The Hall–Kier alpha value is 0.230. The number of nitrogens with two attached hydrogens (primary N) is 1. The van der Waals surface area contributed by atoms with Crippen molar-refractivity contribution >= 4 is 11.8 Å². The summed E-state index contributed by atoms with van der Waals surface area (Å²) in [6, 6.07) is 0.282. The zero-order valence-electron chi connectivity index (χ0n) is 5.89. The van der Waals surface area contributed by atoms with Gasteiger partial charge in [-0.15, -0.1) is 0 Å². The Labute approximate surface area is 60.3 Å². The van der Waals surface area contributed by atoms with E-state index in [0.717, 1.165) is 5.75 Å². The van der Waals surface area contributed by atoms with Crippen molar-refractivity contribution in [1.29, 1.82) is 0 Å². The van der Waals surface area contributed by atoms with Crippen molar-refractivity contribution in [2.75, 3.05) is 25.7 Å². The molecule has 0 saturated carbocycles. The lowest BCUT2D eigenvalue weighted by atomic mass is 10.4. The van der Waals surface area contributed by atoms with Crippen LogP contribution in [0.5, 0.6) is 0 Å². The molecule has 3 nitrogen and oxygen atoms in total. The highest BCUT2D eigenvalue weighted by atomic mass is 32.2. The number of thioether (sulfide) groups is 1. The second-order valence-electron chi connectivity index (χ2n) is 1.77. The molecule has 0 saturated heterocycles. The van der Waals surface area contributed by atoms with Crippen LogP contribution in [0, 0.1) is 0 Å². The van der Waals surface area contributed by atoms with Crippen molar-refractivity contribution in [2.45, 2.75) is 6.04 Å². The van der Waals surface area contributed by atoms with Gasteiger partial charge in [0.2, 0.25) is 0 Å². The Bertz CT molecular complexity index is 56.9. The summed E-state index contributed by atoms with van der Waals surface area (Å²) in [5, 5.41) is 0. The molecule has 0 bridgehead atoms. The van der Waals surface area contributed by atoms with Gasteiger partial charge < -0.3 is 4.74 Å². The molecule has 0 aromatic heterocycles. The SMILES string of the molecule is COCC(CSC)NN. The highest BCUT2D eigenvalue weighted by molar-refractivity contribution is 7.98. The standard InChI is InChI=1S/C5H14N2OS/c1-8-3-5(7-6)4-9-2/h5,7H,3-4,6H2,1-2H3. The highest BCUT2D eigenvalue weighted by Crippen LogP contribution is 1.95. The Morgan fingerprint density at radius 2 is 2.44 bits per heavy atom. The van der Waals surface area contributed by atoms with E-state index in [-0.39, 0.29) is 6.04 Å². The largest absolute Gasteiger partial charge is 0.383 e. The number of hydrogen-bond donors (Lipinski definition) is 2. The van der Waals surface area contributed by atoms with Crippen LogP contribution in [-0.2, 0) is 4.74 Å². The van der Waals surface area contributed by atoms with E-state index in [1.54, 1.807) is 18.9 Å². The van der Waals surface area contributed by atoms with Crippen LogP contribution >= 0.6 is 11.8 Å². The molecule has 0 heterocycles. The van der Waals surface area contributed by atoms with Gasteiger partial charge in [0.05, 0.1) is 12.6 Å². The summed E-state index contributed by atoms with van der Waals surface area (Å²) in [7, 11) is 1.67. The third kappa shape index (κ3) is 4.72. The van der Waals surface area contributed by atoms with Crippen LogP contribution in [0.1, 0.15) is 0 Å². The molecule has 0 radical (unpaired) electrons. The van der Waals surface area contributed by atoms with Gasteiger partial charge in [0.1, 0.15) is 0 Å². The van der Waals surface area contributed by atoms with Crippen LogP contribution < -0.4 is 11.3 Å². The lowest BCUT2D eigenvalue weighted by molar-refractivity contribution is 0.174. The van der Waals surface area contributed by atoms with Gasteiger partial charge in [0.15, 0.2) is 0 Å². The predicted molar refractivity (Wildman–Crippen MR) is 41.4 cm³/mol. The van der Waals surface area contributed by atoms with Crippen LogP contribution in [0.2, 0.25) is 0 Å². The molecule has 0 aliphatic carbocycles. The number of methoxy groups -OCH3 is 1. The fraction of sp³-hybridized carbons (Fsp3) is 1.00. The van der Waals surface area contributed by atoms with Crippen LogP contribution in [0.15, 0.2) is 0 Å². The summed E-state index contributed by atoms with van der Waals surface area (Å²) in [6.07, 6.45) is 2.04. The van der Waals surface area contributed by atoms with Crippen molar-refractivity contribution in [3.63, 3.8) is 0 Å². The molecule has 0 rings (SSSR count). The topological polar surface area (TPSA) is 47.3 Å². The average molecular weight is 150 g/mol. The Kier molecular flexibility index (Phi) is 6.51. The maximum Gasteiger partial charge on any atom is 0.0637 e. The first-order valence-corrected chi connectivity index (χ1v) is 4.18. The van der Waals surface area contributed by atoms with Gasteiger partial charge in [0, 0.05) is 12.9 Å². The van der Waals surface area contributed by atoms with Gasteiger partial charge in [-0.1, -0.05) is 0 Å². The zero-order chi connectivity index (χ0) is 7.11. The second-order valence-corrected chi connectivity index (χ2v) is 2.68. The van der Waals surface area contributed by atoms with Crippen LogP contribution in [0.3, 0.4) is 0 Å². The molecule has 0 aliphatic rings. The first-order valence-electron chi connectivity index (χ1n) is 2.79. The molecule has 0 aromatic carbocycles. The van der Waals surface area contributed by atoms with Crippen LogP contribution in [0.4, 0.5) is 0 Å². The maximum absolute atomic E-state index is 5.20. The van der Waals surface area contributed by atoms with E-state index in [2.05, 4.69) is 5.43 Å². The van der Waals surface area contributed by atoms with Gasteiger partial charge >= 0.3 is 0 Å². The van der Waals surface area contributed by atoms with Gasteiger partial charge in [-0.25, -0.2) is 0 Å². The van der Waals surface area contributed by atoms with E-state index in [1.165, 1.54) is 0 Å². The van der Waals surface area contributed by atoms with Gasteiger partial charge in [-0.2, -0.15) is 11.8 Å². The van der Waals surface area contributed by atoms with Crippen molar-refractivity contribution in [3.05, 3.63) is 0 Å². The summed E-state index contributed by atoms with van der Waals surface area (Å²) in [5.74, 6) is 6.19. The molecule has 56 valence electrons. The van der Waals surface area contributed by atoms with Crippen molar-refractivity contribution in [1.82, 2.24) is 5.43 Å². The van der Waals surface area contributed by atoms with E-state index in [4.69, 9.17) is 10.6 Å². The Morgan fingerprint density at radius 3 is 2.78 bits per heavy atom. The highest BCUT2D eigenvalue weighted by Gasteiger charge is 2.02. The first kappa shape index (κ1) is 9.23. The van der Waals surface area contributed by atoms with Crippen molar-refractivity contribution in [2.24, 2.45) is 5.84 Å². The predicted octanol–water partition coefficient (Wildman–Crippen LogP) is -0.172. The number of ether oxygens (including phenoxy) is 1. The summed E-state index contributed by atoms with van der Waals surface area (Å²) in [4.78, 5) is 0. The van der Waals surface area contributed by atoms with Crippen molar-refractivity contribution in [3.8, 4) is 0 Å². The average Bonchev–Trinajstić information content (AvgIpc) is 1.88. The molecule has 3 N–H and O–H groups in total. The molecule has 1 unspecified atom stereocenters. The molecular formula is C5H14N2OS. The lowest BCUT2D eigenvalue weighted by Gasteiger charge is -2.11. The number of hydrogen-bond acceptors (Lipinski definition) is 4. The third-order valence-corrected chi connectivity index (χ3v) is 1.71. The summed E-state index contributed by atoms with van der Waals surface area (Å²) in [6.45, 7) is 0.678. The molecule has 0 fully saturated rings. The van der Waals surface area contributed by atoms with Crippen LogP contribution in [-0.4, -0.2) is 31.8 Å². The van der Waals surface area contributed by atoms with E-state index < -0.39 is 0 Å². The van der Waals surface area contributed by atoms with Gasteiger partial charge in [-0.3, -0.25) is 11.3 Å². The van der Waals surface area contributed by atoms with Crippen molar-refractivity contribution < 1.29 is 4.74 Å². The Balaban J connectivity index is 3.18. The monoisotopic (exact) mass is 150 g/mol. The maximum atomic E-state index is 5.20. The molecular weight excluding hydrogens is 136 g/mol. The summed E-state index contributed by atoms with van der Waals surface area (Å²) < 4.78 is 4.89. The minimum Gasteiger partial charge on any atom is -0.383 e. The van der Waals surface area contributed by atoms with E-state index in [9.17, 15) is 0 Å². The smallest absolute Gasteiger partial charge is 0.0637 e. The fourth-order valence-corrected chi connectivity index (χ4v) is 1.14. The molecule has 0 spiro atoms. The van der Waals surface area contributed by atoms with Gasteiger partial charge in [-0.05, 0) is 6.26 Å². The van der Waals surface area contributed by atoms with E-state index in [1.807, 2.05) is 6.26 Å². The van der Waals surface area contributed by atoms with E-state index in [0.29, 0.717) is 6.61 Å². The molecule has 4 heteroatoms. The molecule has 9 heavy (non-hydrogen) atoms. The summed E-state index contributed by atoms with van der Waals surface area (Å²) >= 11 is 1.75. The van der Waals surface area contributed by atoms with E-state index >= 15 is 0 Å². The Morgan fingerprint density at radius 1 is 1.78 bits per heavy atom. The zero-order valence-corrected chi connectivity index (χ0v) is 6.70. The molecule has 1 atom stereocenters. The number of hydrazine groups is 1. The van der Waals surface area contributed by atoms with Crippen LogP contribution in [0.25, 0.3) is 0 Å².